The Kier molecular flexibility index (Phi) is 13.8. The van der Waals surface area contributed by atoms with Crippen molar-refractivity contribution < 1.29 is 44.7 Å². The number of hydrogen-bond acceptors (Lipinski definition) is 6. The average Bonchev–Trinajstić information content (AvgIpc) is 3.80. The van der Waals surface area contributed by atoms with Gasteiger partial charge in [-0.15, -0.1) is 0 Å². The van der Waals surface area contributed by atoms with Crippen molar-refractivity contribution in [3.63, 3.8) is 0 Å². The lowest BCUT2D eigenvalue weighted by molar-refractivity contribution is -0.146. The van der Waals surface area contributed by atoms with Crippen LogP contribution in [-0.2, 0) is 35.0 Å². The highest BCUT2D eigenvalue weighted by Crippen LogP contribution is 2.41. The van der Waals surface area contributed by atoms with Crippen LogP contribution in [0.4, 0.5) is 46.5 Å². The number of halogens is 10. The smallest absolute Gasteiger partial charge is 0.368 e. The first-order valence-corrected chi connectivity index (χ1v) is 20.6. The number of hydrogen-bond donors (Lipinski definition) is 0. The SMILES string of the molecule is O=C(Cn1nc(-c2ccccc2)c(Cl)c1C(F)(F)F)N1CCN(c2ccc(F)cc2)CC1.O=C(Cn1nc(C(F)(F)F)c(Cl)c1-c1ccccc1)N1CCN(c2ccc(F)cc2)CC1. The van der Waals surface area contributed by atoms with Crippen LogP contribution >= 0.6 is 23.2 Å². The van der Waals surface area contributed by atoms with Gasteiger partial charge in [0, 0.05) is 74.9 Å². The third-order valence-corrected chi connectivity index (χ3v) is 11.4. The standard InChI is InChI=1S/2C22H19ClF4N4O/c23-19-20(15-4-2-1-3-5-15)31(28-21(19)22(25,26)27)14-18(32)30-12-10-29(11-13-30)17-8-6-16(24)7-9-17;23-19-20(15-4-2-1-3-5-15)28-31(21(19)22(25,26)27)14-18(32)30-12-10-29(11-13-30)17-8-6-16(24)7-9-17/h2*1-9H,10-14H2. The summed E-state index contributed by atoms with van der Waals surface area (Å²) in [4.78, 5) is 32.7. The van der Waals surface area contributed by atoms with Gasteiger partial charge >= 0.3 is 12.4 Å². The normalized spacial score (nSPS) is 14.7. The molecule has 2 aliphatic rings. The van der Waals surface area contributed by atoms with Crippen molar-refractivity contribution in [2.45, 2.75) is 25.4 Å². The fraction of sp³-hybridized carbons (Fsp3) is 0.273. The molecule has 10 nitrogen and oxygen atoms in total. The molecule has 2 saturated heterocycles. The van der Waals surface area contributed by atoms with E-state index in [1.165, 1.54) is 29.2 Å². The van der Waals surface area contributed by atoms with Crippen molar-refractivity contribution in [3.8, 4) is 22.5 Å². The van der Waals surface area contributed by atoms with Crippen molar-refractivity contribution in [1.29, 1.82) is 0 Å². The van der Waals surface area contributed by atoms with E-state index in [-0.39, 0.29) is 35.5 Å². The van der Waals surface area contributed by atoms with E-state index in [1.807, 2.05) is 9.80 Å². The van der Waals surface area contributed by atoms with Gasteiger partial charge in [-0.05, 0) is 48.5 Å². The Morgan fingerprint density at radius 2 is 0.938 bits per heavy atom. The number of rotatable bonds is 8. The van der Waals surface area contributed by atoms with Crippen molar-refractivity contribution in [2.24, 2.45) is 0 Å². The van der Waals surface area contributed by atoms with Crippen LogP contribution in [0.1, 0.15) is 11.4 Å². The molecule has 0 atom stereocenters. The summed E-state index contributed by atoms with van der Waals surface area (Å²) < 4.78 is 109. The zero-order valence-electron chi connectivity index (χ0n) is 33.6. The number of carbonyl (C=O) groups excluding carboxylic acids is 2. The summed E-state index contributed by atoms with van der Waals surface area (Å²) >= 11 is 12.1. The van der Waals surface area contributed by atoms with Gasteiger partial charge in [-0.3, -0.25) is 14.3 Å². The van der Waals surface area contributed by atoms with E-state index in [0.717, 1.165) is 16.1 Å². The maximum absolute atomic E-state index is 13.7. The van der Waals surface area contributed by atoms with Gasteiger partial charge in [0.05, 0.1) is 15.7 Å². The number of nitrogens with zero attached hydrogens (tertiary/aromatic N) is 8. The molecule has 6 aromatic rings. The first kappa shape index (κ1) is 45.9. The molecule has 0 radical (unpaired) electrons. The number of alkyl halides is 6. The minimum Gasteiger partial charge on any atom is -0.368 e. The number of benzene rings is 4. The summed E-state index contributed by atoms with van der Waals surface area (Å²) in [6.45, 7) is 2.52. The Hall–Kier alpha value is -6.14. The zero-order valence-corrected chi connectivity index (χ0v) is 35.1. The maximum atomic E-state index is 13.7. The van der Waals surface area contributed by atoms with Crippen LogP contribution in [0.5, 0.6) is 0 Å². The Bertz CT molecular complexity index is 2540. The van der Waals surface area contributed by atoms with E-state index < -0.39 is 46.2 Å². The summed E-state index contributed by atoms with van der Waals surface area (Å²) in [6, 6.07) is 28.7. The highest BCUT2D eigenvalue weighted by Gasteiger charge is 2.41. The second kappa shape index (κ2) is 19.3. The van der Waals surface area contributed by atoms with Crippen LogP contribution in [0.3, 0.4) is 0 Å². The number of aromatic nitrogens is 4. The van der Waals surface area contributed by atoms with E-state index in [0.29, 0.717) is 68.2 Å². The maximum Gasteiger partial charge on any atom is 0.436 e. The van der Waals surface area contributed by atoms with Crippen molar-refractivity contribution in [3.05, 3.63) is 142 Å². The minimum absolute atomic E-state index is 0.0199. The molecular weight excluding hydrogens is 895 g/mol. The monoisotopic (exact) mass is 932 g/mol. The summed E-state index contributed by atoms with van der Waals surface area (Å²) in [7, 11) is 0. The summed E-state index contributed by atoms with van der Waals surface area (Å²) in [5, 5.41) is 6.59. The number of anilines is 2. The summed E-state index contributed by atoms with van der Waals surface area (Å²) in [5.41, 5.74) is 0.217. The fourth-order valence-corrected chi connectivity index (χ4v) is 8.10. The molecule has 2 fully saturated rings. The van der Waals surface area contributed by atoms with Crippen molar-refractivity contribution in [2.75, 3.05) is 62.2 Å². The largest absolute Gasteiger partial charge is 0.436 e. The molecule has 2 amide bonds. The van der Waals surface area contributed by atoms with Gasteiger partial charge in [0.2, 0.25) is 11.8 Å². The molecule has 0 bridgehead atoms. The molecule has 336 valence electrons. The fourth-order valence-electron chi connectivity index (χ4n) is 7.40. The first-order valence-electron chi connectivity index (χ1n) is 19.8. The van der Waals surface area contributed by atoms with Crippen LogP contribution < -0.4 is 9.80 Å². The van der Waals surface area contributed by atoms with Crippen molar-refractivity contribution >= 4 is 46.4 Å². The molecule has 2 aromatic heterocycles. The quantitative estimate of drug-likeness (QED) is 0.142. The molecule has 64 heavy (non-hydrogen) atoms. The Morgan fingerprint density at radius 3 is 1.36 bits per heavy atom. The predicted octanol–water partition coefficient (Wildman–Crippen LogP) is 9.42. The number of carbonyl (C=O) groups is 2. The summed E-state index contributed by atoms with van der Waals surface area (Å²) in [5.74, 6) is -1.49. The van der Waals surface area contributed by atoms with Gasteiger partial charge in [0.1, 0.15) is 30.4 Å². The van der Waals surface area contributed by atoms with Crippen LogP contribution in [0, 0.1) is 11.6 Å². The van der Waals surface area contributed by atoms with E-state index in [2.05, 4.69) is 10.2 Å². The lowest BCUT2D eigenvalue weighted by Gasteiger charge is -2.36. The Balaban J connectivity index is 0.000000191. The number of piperazine rings is 2. The highest BCUT2D eigenvalue weighted by atomic mass is 35.5. The molecule has 0 unspecified atom stereocenters. The molecule has 0 N–H and O–H groups in total. The highest BCUT2D eigenvalue weighted by molar-refractivity contribution is 6.34. The van der Waals surface area contributed by atoms with Gasteiger partial charge in [0.25, 0.3) is 0 Å². The third-order valence-electron chi connectivity index (χ3n) is 10.6. The number of amides is 2. The van der Waals surface area contributed by atoms with Gasteiger partial charge in [-0.2, -0.15) is 36.5 Å². The molecule has 8 rings (SSSR count). The lowest BCUT2D eigenvalue weighted by Crippen LogP contribution is -2.49. The molecule has 20 heteroatoms. The lowest BCUT2D eigenvalue weighted by atomic mass is 10.1. The van der Waals surface area contributed by atoms with Gasteiger partial charge in [-0.1, -0.05) is 83.9 Å². The van der Waals surface area contributed by atoms with Crippen LogP contribution in [0.15, 0.2) is 109 Å². The van der Waals surface area contributed by atoms with Gasteiger partial charge < -0.3 is 19.6 Å². The van der Waals surface area contributed by atoms with E-state index in [1.54, 1.807) is 89.8 Å². The molecular formula is C44H38Cl2F8N8O2. The summed E-state index contributed by atoms with van der Waals surface area (Å²) in [6.07, 6.45) is -9.51. The predicted molar refractivity (Wildman–Crippen MR) is 226 cm³/mol. The molecule has 4 heterocycles. The Labute approximate surface area is 371 Å². The van der Waals surface area contributed by atoms with Gasteiger partial charge in [0.15, 0.2) is 11.4 Å². The van der Waals surface area contributed by atoms with E-state index in [9.17, 15) is 44.7 Å². The third kappa shape index (κ3) is 10.6. The molecule has 2 aliphatic heterocycles. The molecule has 4 aromatic carbocycles. The van der Waals surface area contributed by atoms with E-state index >= 15 is 0 Å². The molecule has 0 spiro atoms. The van der Waals surface area contributed by atoms with Crippen LogP contribution in [0.2, 0.25) is 10.0 Å². The average molecular weight is 934 g/mol. The molecule has 0 aliphatic carbocycles. The Morgan fingerprint density at radius 1 is 0.516 bits per heavy atom. The van der Waals surface area contributed by atoms with Gasteiger partial charge in [-0.25, -0.2) is 13.5 Å². The zero-order chi connectivity index (χ0) is 45.8. The van der Waals surface area contributed by atoms with Crippen LogP contribution in [0.25, 0.3) is 22.5 Å². The topological polar surface area (TPSA) is 82.7 Å². The van der Waals surface area contributed by atoms with Crippen LogP contribution in [-0.4, -0.2) is 93.5 Å². The van der Waals surface area contributed by atoms with Crippen molar-refractivity contribution in [1.82, 2.24) is 29.4 Å². The molecule has 0 saturated carbocycles. The first-order chi connectivity index (χ1) is 30.5. The van der Waals surface area contributed by atoms with E-state index in [4.69, 9.17) is 23.2 Å². The second-order valence-corrected chi connectivity index (χ2v) is 15.5. The second-order valence-electron chi connectivity index (χ2n) is 14.8. The minimum atomic E-state index is -4.77.